The van der Waals surface area contributed by atoms with Gasteiger partial charge >= 0.3 is 11.9 Å². The highest BCUT2D eigenvalue weighted by molar-refractivity contribution is 6.31. The lowest BCUT2D eigenvalue weighted by atomic mass is 10.1. The van der Waals surface area contributed by atoms with Crippen molar-refractivity contribution < 1.29 is 23.9 Å². The number of nitrogens with one attached hydrogen (secondary N) is 1. The van der Waals surface area contributed by atoms with Crippen LogP contribution >= 0.6 is 11.6 Å². The van der Waals surface area contributed by atoms with Crippen LogP contribution in [0.1, 0.15) is 26.3 Å². The van der Waals surface area contributed by atoms with Crippen molar-refractivity contribution in [2.45, 2.75) is 6.42 Å². The van der Waals surface area contributed by atoms with Gasteiger partial charge in [0.05, 0.1) is 31.8 Å². The van der Waals surface area contributed by atoms with Gasteiger partial charge in [-0.05, 0) is 29.8 Å². The van der Waals surface area contributed by atoms with Crippen LogP contribution in [-0.2, 0) is 20.7 Å². The largest absolute Gasteiger partial charge is 0.465 e. The van der Waals surface area contributed by atoms with Crippen molar-refractivity contribution in [2.75, 3.05) is 19.5 Å². The smallest absolute Gasteiger partial charge is 0.337 e. The van der Waals surface area contributed by atoms with Gasteiger partial charge in [0, 0.05) is 10.7 Å². The molecule has 1 amide bonds. The fourth-order valence-corrected chi connectivity index (χ4v) is 2.39. The normalized spacial score (nSPS) is 10.0. The summed E-state index contributed by atoms with van der Waals surface area (Å²) in [6.45, 7) is 0. The first-order valence-corrected chi connectivity index (χ1v) is 7.67. The van der Waals surface area contributed by atoms with Crippen LogP contribution in [0.5, 0.6) is 0 Å². The first-order valence-electron chi connectivity index (χ1n) is 7.29. The molecule has 0 bridgehead atoms. The van der Waals surface area contributed by atoms with Crippen LogP contribution in [0, 0.1) is 0 Å². The lowest BCUT2D eigenvalue weighted by molar-refractivity contribution is -0.115. The molecule has 2 aromatic carbocycles. The second-order valence-corrected chi connectivity index (χ2v) is 5.51. The Morgan fingerprint density at radius 2 is 1.52 bits per heavy atom. The lowest BCUT2D eigenvalue weighted by Gasteiger charge is -2.10. The van der Waals surface area contributed by atoms with Crippen LogP contribution in [-0.4, -0.2) is 32.1 Å². The van der Waals surface area contributed by atoms with E-state index in [1.807, 2.05) is 0 Å². The predicted octanol–water partition coefficient (Wildman–Crippen LogP) is 3.09. The summed E-state index contributed by atoms with van der Waals surface area (Å²) < 4.78 is 9.31. The van der Waals surface area contributed by atoms with Gasteiger partial charge in [-0.1, -0.05) is 29.8 Å². The maximum Gasteiger partial charge on any atom is 0.337 e. The van der Waals surface area contributed by atoms with Crippen molar-refractivity contribution in [3.63, 3.8) is 0 Å². The molecule has 0 aromatic heterocycles. The Labute approximate surface area is 149 Å². The number of benzene rings is 2. The van der Waals surface area contributed by atoms with Crippen molar-refractivity contribution in [1.82, 2.24) is 0 Å². The summed E-state index contributed by atoms with van der Waals surface area (Å²) in [6.07, 6.45) is 0.0513. The maximum atomic E-state index is 12.2. The van der Waals surface area contributed by atoms with Crippen molar-refractivity contribution >= 4 is 35.1 Å². The zero-order valence-electron chi connectivity index (χ0n) is 13.7. The van der Waals surface area contributed by atoms with Crippen LogP contribution in [0.3, 0.4) is 0 Å². The SMILES string of the molecule is COC(=O)c1cc(NC(=O)Cc2ccccc2Cl)cc(C(=O)OC)c1. The molecule has 0 atom stereocenters. The Kier molecular flexibility index (Phi) is 6.14. The summed E-state index contributed by atoms with van der Waals surface area (Å²) in [5.74, 6) is -1.61. The summed E-state index contributed by atoms with van der Waals surface area (Å²) in [5.41, 5.74) is 1.19. The van der Waals surface area contributed by atoms with Crippen LogP contribution in [0.25, 0.3) is 0 Å². The topological polar surface area (TPSA) is 81.7 Å². The summed E-state index contributed by atoms with van der Waals surface area (Å²) in [7, 11) is 2.45. The number of hydrogen-bond donors (Lipinski definition) is 1. The molecule has 0 aliphatic heterocycles. The van der Waals surface area contributed by atoms with Gasteiger partial charge in [-0.15, -0.1) is 0 Å². The molecule has 6 nitrogen and oxygen atoms in total. The van der Waals surface area contributed by atoms with Crippen LogP contribution in [0.15, 0.2) is 42.5 Å². The average molecular weight is 362 g/mol. The molecular formula is C18H16ClNO5. The van der Waals surface area contributed by atoms with Crippen LogP contribution < -0.4 is 5.32 Å². The molecule has 0 unspecified atom stereocenters. The highest BCUT2D eigenvalue weighted by atomic mass is 35.5. The standard InChI is InChI=1S/C18H16ClNO5/c1-24-17(22)12-7-13(18(23)25-2)9-14(8-12)20-16(21)10-11-5-3-4-6-15(11)19/h3-9H,10H2,1-2H3,(H,20,21). The van der Waals surface area contributed by atoms with Gasteiger partial charge < -0.3 is 14.8 Å². The molecule has 2 aromatic rings. The van der Waals surface area contributed by atoms with Crippen LogP contribution in [0.2, 0.25) is 5.02 Å². The van der Waals surface area contributed by atoms with Crippen molar-refractivity contribution in [3.05, 3.63) is 64.2 Å². The predicted molar refractivity (Wildman–Crippen MR) is 92.9 cm³/mol. The number of ether oxygens (including phenoxy) is 2. The van der Waals surface area contributed by atoms with E-state index >= 15 is 0 Å². The van der Waals surface area contributed by atoms with Crippen LogP contribution in [0.4, 0.5) is 5.69 Å². The highest BCUT2D eigenvalue weighted by Gasteiger charge is 2.15. The van der Waals surface area contributed by atoms with E-state index in [0.717, 1.165) is 0 Å². The molecule has 0 radical (unpaired) electrons. The molecule has 0 spiro atoms. The number of hydrogen-bond acceptors (Lipinski definition) is 5. The number of carbonyl (C=O) groups is 3. The van der Waals surface area contributed by atoms with Gasteiger partial charge in [-0.25, -0.2) is 9.59 Å². The van der Waals surface area contributed by atoms with Gasteiger partial charge in [0.15, 0.2) is 0 Å². The van der Waals surface area contributed by atoms with Gasteiger partial charge in [0.25, 0.3) is 0 Å². The van der Waals surface area contributed by atoms with Gasteiger partial charge in [0.2, 0.25) is 5.91 Å². The van der Waals surface area contributed by atoms with E-state index in [-0.39, 0.29) is 29.1 Å². The first kappa shape index (κ1) is 18.5. The summed E-state index contributed by atoms with van der Waals surface area (Å²) in [4.78, 5) is 35.7. The fraction of sp³-hybridized carbons (Fsp3) is 0.167. The molecule has 0 aliphatic rings. The summed E-state index contributed by atoms with van der Waals surface area (Å²) >= 11 is 6.04. The Balaban J connectivity index is 2.25. The van der Waals surface area contributed by atoms with E-state index in [1.165, 1.54) is 32.4 Å². The number of methoxy groups -OCH3 is 2. The minimum Gasteiger partial charge on any atom is -0.465 e. The molecule has 1 N–H and O–H groups in total. The Morgan fingerprint density at radius 1 is 0.960 bits per heavy atom. The number of amides is 1. The van der Waals surface area contributed by atoms with Crippen molar-refractivity contribution in [1.29, 1.82) is 0 Å². The number of carbonyl (C=O) groups excluding carboxylic acids is 3. The third-order valence-electron chi connectivity index (χ3n) is 3.37. The minimum absolute atomic E-state index is 0.0513. The second kappa shape index (κ2) is 8.30. The molecule has 2 rings (SSSR count). The summed E-state index contributed by atoms with van der Waals surface area (Å²) in [6, 6.07) is 11.2. The van der Waals surface area contributed by atoms with Gasteiger partial charge in [0.1, 0.15) is 0 Å². The highest BCUT2D eigenvalue weighted by Crippen LogP contribution is 2.19. The van der Waals surface area contributed by atoms with Gasteiger partial charge in [-0.3, -0.25) is 4.79 Å². The molecule has 25 heavy (non-hydrogen) atoms. The molecule has 0 fully saturated rings. The third-order valence-corrected chi connectivity index (χ3v) is 3.74. The van der Waals surface area contributed by atoms with Gasteiger partial charge in [-0.2, -0.15) is 0 Å². The summed E-state index contributed by atoms with van der Waals surface area (Å²) in [5, 5.41) is 3.13. The Bertz CT molecular complexity index is 785. The first-order chi connectivity index (χ1) is 11.9. The molecule has 0 saturated carbocycles. The van der Waals surface area contributed by atoms with Crippen molar-refractivity contribution in [3.8, 4) is 0 Å². The third kappa shape index (κ3) is 4.81. The molecule has 0 heterocycles. The zero-order valence-corrected chi connectivity index (χ0v) is 14.4. The molecule has 0 saturated heterocycles. The van der Waals surface area contributed by atoms with E-state index < -0.39 is 11.9 Å². The fourth-order valence-electron chi connectivity index (χ4n) is 2.19. The molecule has 0 aliphatic carbocycles. The van der Waals surface area contributed by atoms with Crippen molar-refractivity contribution in [2.24, 2.45) is 0 Å². The monoisotopic (exact) mass is 361 g/mol. The average Bonchev–Trinajstić information content (AvgIpc) is 2.61. The molecule has 130 valence electrons. The van der Waals surface area contributed by atoms with E-state index in [4.69, 9.17) is 11.6 Å². The molecular weight excluding hydrogens is 346 g/mol. The van der Waals surface area contributed by atoms with E-state index in [2.05, 4.69) is 14.8 Å². The van der Waals surface area contributed by atoms with E-state index in [1.54, 1.807) is 24.3 Å². The number of halogens is 1. The number of rotatable bonds is 5. The Morgan fingerprint density at radius 3 is 2.04 bits per heavy atom. The number of anilines is 1. The number of esters is 2. The zero-order chi connectivity index (χ0) is 18.4. The maximum absolute atomic E-state index is 12.2. The van der Waals surface area contributed by atoms with E-state index in [9.17, 15) is 14.4 Å². The Hall–Kier alpha value is -2.86. The second-order valence-electron chi connectivity index (χ2n) is 5.10. The van der Waals surface area contributed by atoms with E-state index in [0.29, 0.717) is 10.6 Å². The molecule has 7 heteroatoms. The lowest BCUT2D eigenvalue weighted by Crippen LogP contribution is -2.16. The quantitative estimate of drug-likeness (QED) is 0.827. The minimum atomic E-state index is -0.632.